The second-order valence-electron chi connectivity index (χ2n) is 7.65. The van der Waals surface area contributed by atoms with Gasteiger partial charge in [-0.2, -0.15) is 5.10 Å². The van der Waals surface area contributed by atoms with Gasteiger partial charge in [-0.1, -0.05) is 31.2 Å². The van der Waals surface area contributed by atoms with E-state index in [-0.39, 0.29) is 12.5 Å². The fourth-order valence-corrected chi connectivity index (χ4v) is 4.82. The molecule has 138 valence electrons. The van der Waals surface area contributed by atoms with E-state index in [9.17, 15) is 4.79 Å². The van der Waals surface area contributed by atoms with Gasteiger partial charge in [0.2, 0.25) is 5.91 Å². The Bertz CT molecular complexity index is 871. The maximum absolute atomic E-state index is 12.4. The fourth-order valence-electron chi connectivity index (χ4n) is 4.60. The number of aromatic nitrogens is 3. The molecule has 0 radical (unpaired) electrons. The summed E-state index contributed by atoms with van der Waals surface area (Å²) in [6, 6.07) is 8.84. The Kier molecular flexibility index (Phi) is 4.69. The van der Waals surface area contributed by atoms with E-state index in [0.29, 0.717) is 16.1 Å². The van der Waals surface area contributed by atoms with Crippen LogP contribution in [-0.4, -0.2) is 27.2 Å². The van der Waals surface area contributed by atoms with Crippen molar-refractivity contribution in [3.8, 4) is 0 Å². The number of hydrogen-bond donors (Lipinski definition) is 2. The number of benzene rings is 1. The molecule has 0 aliphatic heterocycles. The van der Waals surface area contributed by atoms with Crippen molar-refractivity contribution in [1.29, 1.82) is 0 Å². The summed E-state index contributed by atoms with van der Waals surface area (Å²) in [4.78, 5) is 12.4. The molecule has 4 rings (SSSR count). The molecule has 1 aromatic carbocycles. The van der Waals surface area contributed by atoms with Crippen LogP contribution in [0.3, 0.4) is 0 Å². The summed E-state index contributed by atoms with van der Waals surface area (Å²) in [5, 5.41) is 10.2. The number of aryl methyl sites for hydroxylation is 2. The predicted molar refractivity (Wildman–Crippen MR) is 104 cm³/mol. The zero-order valence-corrected chi connectivity index (χ0v) is 16.1. The average molecular weight is 371 g/mol. The van der Waals surface area contributed by atoms with Crippen molar-refractivity contribution in [1.82, 2.24) is 20.1 Å². The second kappa shape index (κ2) is 6.99. The van der Waals surface area contributed by atoms with E-state index >= 15 is 0 Å². The third-order valence-electron chi connectivity index (χ3n) is 6.01. The van der Waals surface area contributed by atoms with Crippen LogP contribution in [0.15, 0.2) is 24.3 Å². The minimum atomic E-state index is 0.0194. The van der Waals surface area contributed by atoms with Crippen molar-refractivity contribution in [2.75, 3.05) is 6.54 Å². The molecule has 1 spiro atoms. The number of amides is 1. The second-order valence-corrected chi connectivity index (χ2v) is 8.04. The van der Waals surface area contributed by atoms with Crippen molar-refractivity contribution >= 4 is 18.1 Å². The van der Waals surface area contributed by atoms with Crippen molar-refractivity contribution in [2.24, 2.45) is 5.92 Å². The lowest BCUT2D eigenvalue weighted by Crippen LogP contribution is -2.32. The zero-order valence-electron chi connectivity index (χ0n) is 15.3. The van der Waals surface area contributed by atoms with Gasteiger partial charge < -0.3 is 5.32 Å². The lowest BCUT2D eigenvalue weighted by molar-refractivity contribution is -0.121. The van der Waals surface area contributed by atoms with Crippen LogP contribution < -0.4 is 5.32 Å². The summed E-state index contributed by atoms with van der Waals surface area (Å²) in [7, 11) is 0. The molecule has 0 unspecified atom stereocenters. The molecule has 1 aromatic heterocycles. The number of rotatable bonds is 6. The number of carbonyl (C=O) groups excluding carboxylic acids is 1. The van der Waals surface area contributed by atoms with E-state index in [4.69, 9.17) is 12.2 Å². The van der Waals surface area contributed by atoms with Gasteiger partial charge in [0.15, 0.2) is 4.77 Å². The molecule has 0 saturated heterocycles. The van der Waals surface area contributed by atoms with Gasteiger partial charge >= 0.3 is 0 Å². The van der Waals surface area contributed by atoms with Crippen LogP contribution >= 0.6 is 12.2 Å². The number of hydrogen-bond acceptors (Lipinski definition) is 3. The molecule has 2 aliphatic rings. The first-order valence-electron chi connectivity index (χ1n) is 9.63. The molecule has 2 atom stereocenters. The van der Waals surface area contributed by atoms with E-state index in [0.717, 1.165) is 25.2 Å². The number of H-pyrrole nitrogens is 1. The molecule has 1 fully saturated rings. The van der Waals surface area contributed by atoms with Gasteiger partial charge in [-0.15, -0.1) is 0 Å². The Balaban J connectivity index is 1.37. The first-order valence-corrected chi connectivity index (χ1v) is 10.0. The monoisotopic (exact) mass is 370 g/mol. The average Bonchev–Trinajstić information content (AvgIpc) is 3.24. The molecule has 26 heavy (non-hydrogen) atoms. The van der Waals surface area contributed by atoms with Crippen molar-refractivity contribution in [2.45, 2.75) is 57.4 Å². The SMILES string of the molecule is CCCc1n[nH]c(=S)n1CC(=O)NC[C@H]1C[C@]12CCCc1ccccc12. The summed E-state index contributed by atoms with van der Waals surface area (Å²) in [6.45, 7) is 3.10. The first kappa shape index (κ1) is 17.5. The summed E-state index contributed by atoms with van der Waals surface area (Å²) in [5.41, 5.74) is 3.33. The number of nitrogens with zero attached hydrogens (tertiary/aromatic N) is 2. The third kappa shape index (κ3) is 3.11. The van der Waals surface area contributed by atoms with Crippen LogP contribution in [0.25, 0.3) is 0 Å². The van der Waals surface area contributed by atoms with Crippen LogP contribution in [0.1, 0.15) is 49.6 Å². The van der Waals surface area contributed by atoms with Crippen molar-refractivity contribution in [3.05, 3.63) is 46.0 Å². The highest BCUT2D eigenvalue weighted by Gasteiger charge is 2.56. The van der Waals surface area contributed by atoms with Gasteiger partial charge in [0.1, 0.15) is 12.4 Å². The Morgan fingerprint density at radius 1 is 1.46 bits per heavy atom. The van der Waals surface area contributed by atoms with E-state index < -0.39 is 0 Å². The largest absolute Gasteiger partial charge is 0.354 e. The Morgan fingerprint density at radius 2 is 2.31 bits per heavy atom. The van der Waals surface area contributed by atoms with Gasteiger partial charge in [-0.3, -0.25) is 14.5 Å². The van der Waals surface area contributed by atoms with E-state index in [1.807, 2.05) is 4.57 Å². The van der Waals surface area contributed by atoms with Gasteiger partial charge in [0, 0.05) is 18.4 Å². The van der Waals surface area contributed by atoms with Gasteiger partial charge in [0.25, 0.3) is 0 Å². The molecule has 0 bridgehead atoms. The molecule has 2 N–H and O–H groups in total. The fraction of sp³-hybridized carbons (Fsp3) is 0.550. The highest BCUT2D eigenvalue weighted by atomic mass is 32.1. The normalized spacial score (nSPS) is 23.7. The minimum Gasteiger partial charge on any atom is -0.354 e. The van der Waals surface area contributed by atoms with E-state index in [1.54, 1.807) is 0 Å². The smallest absolute Gasteiger partial charge is 0.240 e. The predicted octanol–water partition coefficient (Wildman–Crippen LogP) is 3.30. The highest BCUT2D eigenvalue weighted by Crippen LogP contribution is 2.59. The maximum Gasteiger partial charge on any atom is 0.240 e. The summed E-state index contributed by atoms with van der Waals surface area (Å²) < 4.78 is 2.33. The third-order valence-corrected chi connectivity index (χ3v) is 6.32. The highest BCUT2D eigenvalue weighted by molar-refractivity contribution is 7.71. The lowest BCUT2D eigenvalue weighted by Gasteiger charge is -2.26. The molecule has 1 amide bonds. The van der Waals surface area contributed by atoms with Crippen LogP contribution in [0.5, 0.6) is 0 Å². The molecule has 1 saturated carbocycles. The quantitative estimate of drug-likeness (QED) is 0.767. The summed E-state index contributed by atoms with van der Waals surface area (Å²) in [6.07, 6.45) is 6.69. The molecule has 1 heterocycles. The number of fused-ring (bicyclic) bond motifs is 2. The number of carbonyl (C=O) groups is 1. The lowest BCUT2D eigenvalue weighted by atomic mass is 9.78. The Hall–Kier alpha value is -1.95. The molecule has 5 nitrogen and oxygen atoms in total. The molecule has 2 aromatic rings. The maximum atomic E-state index is 12.4. The molecular formula is C20H26N4OS. The van der Waals surface area contributed by atoms with Gasteiger partial charge in [0.05, 0.1) is 0 Å². The molecule has 6 heteroatoms. The Labute approximate surface area is 159 Å². The minimum absolute atomic E-state index is 0.0194. The Morgan fingerprint density at radius 3 is 3.15 bits per heavy atom. The van der Waals surface area contributed by atoms with E-state index in [1.165, 1.54) is 36.8 Å². The standard InChI is InChI=1S/C20H26N4OS/c1-2-6-17-22-23-19(26)24(17)13-18(25)21-12-15-11-20(15)10-5-8-14-7-3-4-9-16(14)20/h3-4,7,9,15H,2,5-6,8,10-13H2,1H3,(H,21,25)(H,23,26)/t15-,20-/m1/s1. The van der Waals surface area contributed by atoms with Crippen LogP contribution in [0.2, 0.25) is 0 Å². The molecule has 2 aliphatic carbocycles. The molecular weight excluding hydrogens is 344 g/mol. The van der Waals surface area contributed by atoms with Crippen molar-refractivity contribution < 1.29 is 4.79 Å². The summed E-state index contributed by atoms with van der Waals surface area (Å²) in [5.74, 6) is 1.43. The van der Waals surface area contributed by atoms with Gasteiger partial charge in [-0.05, 0) is 61.4 Å². The van der Waals surface area contributed by atoms with Crippen molar-refractivity contribution in [3.63, 3.8) is 0 Å². The number of aromatic amines is 1. The summed E-state index contributed by atoms with van der Waals surface area (Å²) >= 11 is 5.26. The number of nitrogens with one attached hydrogen (secondary N) is 2. The zero-order chi connectivity index (χ0) is 18.1. The first-order chi connectivity index (χ1) is 12.6. The van der Waals surface area contributed by atoms with Crippen LogP contribution in [0.4, 0.5) is 0 Å². The van der Waals surface area contributed by atoms with Crippen LogP contribution in [0, 0.1) is 10.7 Å². The topological polar surface area (TPSA) is 62.7 Å². The van der Waals surface area contributed by atoms with Crippen LogP contribution in [-0.2, 0) is 29.6 Å². The van der Waals surface area contributed by atoms with E-state index in [2.05, 4.69) is 46.7 Å². The van der Waals surface area contributed by atoms with Gasteiger partial charge in [-0.25, -0.2) is 0 Å².